The second kappa shape index (κ2) is 5.74. The molecule has 4 nitrogen and oxygen atoms in total. The molecule has 3 aliphatic carbocycles. The molecule has 0 aromatic heterocycles. The van der Waals surface area contributed by atoms with Gasteiger partial charge in [0.2, 0.25) is 0 Å². The van der Waals surface area contributed by atoms with Crippen LogP contribution in [-0.4, -0.2) is 31.2 Å². The van der Waals surface area contributed by atoms with Crippen LogP contribution in [-0.2, 0) is 15.9 Å². The summed E-state index contributed by atoms with van der Waals surface area (Å²) in [6.45, 7) is 3.73. The Morgan fingerprint density at radius 2 is 2.00 bits per heavy atom. The molecule has 0 bridgehead atoms. The lowest BCUT2D eigenvalue weighted by atomic mass is 9.55. The van der Waals surface area contributed by atoms with Crippen LogP contribution in [0.15, 0.2) is 23.8 Å². The van der Waals surface area contributed by atoms with Crippen LogP contribution in [0.5, 0.6) is 11.5 Å². The molecule has 140 valence electrons. The van der Waals surface area contributed by atoms with E-state index < -0.39 is 5.79 Å². The molecule has 1 aliphatic heterocycles. The lowest BCUT2D eigenvalue weighted by Gasteiger charge is -2.52. The van der Waals surface area contributed by atoms with Crippen LogP contribution >= 0.6 is 0 Å². The average molecular weight is 356 g/mol. The summed E-state index contributed by atoms with van der Waals surface area (Å²) in [6.07, 6.45) is 8.82. The predicted molar refractivity (Wildman–Crippen MR) is 98.5 cm³/mol. The number of aryl methyl sites for hydroxylation is 1. The van der Waals surface area contributed by atoms with Crippen molar-refractivity contribution in [1.82, 2.24) is 0 Å². The highest BCUT2D eigenvalue weighted by atomic mass is 16.7. The summed E-state index contributed by atoms with van der Waals surface area (Å²) in [7, 11) is 1.63. The third-order valence-electron chi connectivity index (χ3n) is 7.56. The summed E-state index contributed by atoms with van der Waals surface area (Å²) < 4.78 is 17.9. The van der Waals surface area contributed by atoms with E-state index in [2.05, 4.69) is 19.1 Å². The Kier molecular flexibility index (Phi) is 3.67. The van der Waals surface area contributed by atoms with E-state index >= 15 is 0 Å². The Hall–Kier alpha value is -1.52. The average Bonchev–Trinajstić information content (AvgIpc) is 3.27. The van der Waals surface area contributed by atoms with Gasteiger partial charge in [0.15, 0.2) is 17.3 Å². The topological polar surface area (TPSA) is 47.9 Å². The highest BCUT2D eigenvalue weighted by Crippen LogP contribution is 2.65. The molecule has 1 heterocycles. The van der Waals surface area contributed by atoms with Crippen LogP contribution in [0.3, 0.4) is 0 Å². The van der Waals surface area contributed by atoms with Crippen molar-refractivity contribution >= 4 is 0 Å². The molecular formula is C22H28O4. The van der Waals surface area contributed by atoms with Crippen molar-refractivity contribution in [3.05, 3.63) is 34.9 Å². The molecule has 1 saturated heterocycles. The second-order valence-corrected chi connectivity index (χ2v) is 8.26. The van der Waals surface area contributed by atoms with Crippen LogP contribution in [0, 0.1) is 11.3 Å². The third-order valence-corrected chi connectivity index (χ3v) is 7.56. The molecule has 5 rings (SSSR count). The molecule has 4 heteroatoms. The number of methoxy groups -OCH3 is 1. The Bertz CT molecular complexity index is 762. The first-order chi connectivity index (χ1) is 12.6. The highest BCUT2D eigenvalue weighted by molar-refractivity contribution is 5.51. The van der Waals surface area contributed by atoms with Gasteiger partial charge in [-0.1, -0.05) is 18.6 Å². The SMILES string of the molecule is CC[C@]12CC[C@@H]3c4cc(OC)c(O)cc4CC[C@H]3C1=CCC21OCCO1. The fourth-order valence-electron chi connectivity index (χ4n) is 6.41. The van der Waals surface area contributed by atoms with Crippen LogP contribution < -0.4 is 4.74 Å². The molecule has 1 N–H and O–H groups in total. The minimum atomic E-state index is -0.408. The maximum Gasteiger partial charge on any atom is 0.181 e. The molecule has 0 radical (unpaired) electrons. The minimum Gasteiger partial charge on any atom is -0.504 e. The molecule has 3 atom stereocenters. The molecular weight excluding hydrogens is 328 g/mol. The van der Waals surface area contributed by atoms with Crippen molar-refractivity contribution in [3.63, 3.8) is 0 Å². The van der Waals surface area contributed by atoms with Gasteiger partial charge in [-0.05, 0) is 67.2 Å². The first-order valence-electron chi connectivity index (χ1n) is 10.0. The van der Waals surface area contributed by atoms with Crippen molar-refractivity contribution in [3.8, 4) is 11.5 Å². The van der Waals surface area contributed by atoms with E-state index in [1.165, 1.54) is 11.1 Å². The van der Waals surface area contributed by atoms with Gasteiger partial charge in [0.1, 0.15) is 0 Å². The monoisotopic (exact) mass is 356 g/mol. The second-order valence-electron chi connectivity index (χ2n) is 8.26. The van der Waals surface area contributed by atoms with Gasteiger partial charge < -0.3 is 19.3 Å². The number of ether oxygens (including phenoxy) is 3. The lowest BCUT2D eigenvalue weighted by Crippen LogP contribution is -2.51. The number of phenols is 1. The van der Waals surface area contributed by atoms with E-state index in [4.69, 9.17) is 14.2 Å². The van der Waals surface area contributed by atoms with Crippen LogP contribution in [0.1, 0.15) is 56.1 Å². The first-order valence-corrected chi connectivity index (χ1v) is 10.0. The molecule has 26 heavy (non-hydrogen) atoms. The summed E-state index contributed by atoms with van der Waals surface area (Å²) >= 11 is 0. The number of phenolic OH excluding ortho intramolecular Hbond substituents is 1. The standard InChI is InChI=1S/C22H28O4/c1-3-21-8-6-15-16(18(21)7-9-22(21)25-10-11-26-22)5-4-14-12-19(23)20(24-2)13-17(14)15/h7,12-13,15-16,23H,3-6,8-11H2,1-2H3/t15-,16+,21-/m0/s1. The largest absolute Gasteiger partial charge is 0.504 e. The molecule has 1 spiro atoms. The number of rotatable bonds is 2. The molecule has 0 amide bonds. The zero-order valence-electron chi connectivity index (χ0n) is 15.7. The number of hydrogen-bond donors (Lipinski definition) is 1. The van der Waals surface area contributed by atoms with Gasteiger partial charge in [0.25, 0.3) is 0 Å². The normalized spacial score (nSPS) is 34.2. The number of hydrogen-bond acceptors (Lipinski definition) is 4. The van der Waals surface area contributed by atoms with Gasteiger partial charge in [-0.2, -0.15) is 0 Å². The molecule has 1 aromatic rings. The van der Waals surface area contributed by atoms with Gasteiger partial charge in [0, 0.05) is 11.8 Å². The quantitative estimate of drug-likeness (QED) is 0.802. The number of aromatic hydroxyl groups is 1. The fourth-order valence-corrected chi connectivity index (χ4v) is 6.41. The van der Waals surface area contributed by atoms with E-state index in [-0.39, 0.29) is 11.2 Å². The van der Waals surface area contributed by atoms with Crippen LogP contribution in [0.4, 0.5) is 0 Å². The van der Waals surface area contributed by atoms with Gasteiger partial charge in [0.05, 0.1) is 20.3 Å². The Balaban J connectivity index is 1.55. The van der Waals surface area contributed by atoms with Crippen LogP contribution in [0.25, 0.3) is 0 Å². The fraction of sp³-hybridized carbons (Fsp3) is 0.636. The highest BCUT2D eigenvalue weighted by Gasteiger charge is 2.62. The summed E-state index contributed by atoms with van der Waals surface area (Å²) in [6, 6.07) is 3.99. The Morgan fingerprint density at radius 1 is 1.19 bits per heavy atom. The van der Waals surface area contributed by atoms with Crippen LogP contribution in [0.2, 0.25) is 0 Å². The molecule has 4 aliphatic rings. The summed E-state index contributed by atoms with van der Waals surface area (Å²) in [5.41, 5.74) is 4.28. The summed E-state index contributed by atoms with van der Waals surface area (Å²) in [4.78, 5) is 0. The molecule has 0 unspecified atom stereocenters. The van der Waals surface area contributed by atoms with Crippen molar-refractivity contribution < 1.29 is 19.3 Å². The summed E-state index contributed by atoms with van der Waals surface area (Å²) in [5, 5.41) is 10.2. The number of benzene rings is 1. The van der Waals surface area contributed by atoms with E-state index in [0.29, 0.717) is 17.6 Å². The summed E-state index contributed by atoms with van der Waals surface area (Å²) in [5.74, 6) is 1.51. The molecule has 1 aromatic carbocycles. The lowest BCUT2D eigenvalue weighted by molar-refractivity contribution is -0.224. The maximum atomic E-state index is 10.2. The zero-order chi connectivity index (χ0) is 17.9. The van der Waals surface area contributed by atoms with E-state index in [0.717, 1.165) is 51.7 Å². The first kappa shape index (κ1) is 16.6. The Labute approximate surface area is 155 Å². The van der Waals surface area contributed by atoms with Gasteiger partial charge >= 0.3 is 0 Å². The smallest absolute Gasteiger partial charge is 0.181 e. The van der Waals surface area contributed by atoms with E-state index in [1.54, 1.807) is 12.7 Å². The van der Waals surface area contributed by atoms with Crippen molar-refractivity contribution in [2.75, 3.05) is 20.3 Å². The van der Waals surface area contributed by atoms with Gasteiger partial charge in [-0.25, -0.2) is 0 Å². The molecule has 1 saturated carbocycles. The predicted octanol–water partition coefficient (Wildman–Crippen LogP) is 4.31. The van der Waals surface area contributed by atoms with Crippen molar-refractivity contribution in [1.29, 1.82) is 0 Å². The van der Waals surface area contributed by atoms with Crippen molar-refractivity contribution in [2.45, 2.75) is 57.2 Å². The number of fused-ring (bicyclic) bond motifs is 6. The van der Waals surface area contributed by atoms with Gasteiger partial charge in [-0.15, -0.1) is 0 Å². The molecule has 2 fully saturated rings. The maximum absolute atomic E-state index is 10.2. The third kappa shape index (κ3) is 1.97. The van der Waals surface area contributed by atoms with Gasteiger partial charge in [-0.3, -0.25) is 0 Å². The zero-order valence-corrected chi connectivity index (χ0v) is 15.7. The Morgan fingerprint density at radius 3 is 2.73 bits per heavy atom. The van der Waals surface area contributed by atoms with E-state index in [1.807, 2.05) is 6.07 Å². The van der Waals surface area contributed by atoms with E-state index in [9.17, 15) is 5.11 Å². The minimum absolute atomic E-state index is 0.0448. The van der Waals surface area contributed by atoms with Crippen molar-refractivity contribution in [2.24, 2.45) is 11.3 Å².